The normalized spacial score (nSPS) is 12.2. The van der Waals surface area contributed by atoms with Crippen molar-refractivity contribution in [3.05, 3.63) is 41.2 Å². The van der Waals surface area contributed by atoms with Gasteiger partial charge in [0.15, 0.2) is 12.3 Å². The average molecular weight is 411 g/mol. The molecule has 2 rings (SSSR count). The van der Waals surface area contributed by atoms with Gasteiger partial charge < -0.3 is 15.4 Å². The fourth-order valence-corrected chi connectivity index (χ4v) is 2.25. The zero-order valence-corrected chi connectivity index (χ0v) is 16.0. The highest BCUT2D eigenvalue weighted by atomic mass is 19.4. The van der Waals surface area contributed by atoms with Gasteiger partial charge in [-0.25, -0.2) is 4.98 Å². The second-order valence-electron chi connectivity index (χ2n) is 6.19. The first kappa shape index (κ1) is 22.1. The number of nitrogens with zero attached hydrogens (tertiary/aromatic N) is 3. The van der Waals surface area contributed by atoms with Crippen molar-refractivity contribution in [2.45, 2.75) is 39.4 Å². The summed E-state index contributed by atoms with van der Waals surface area (Å²) in [6, 6.07) is 4.15. The van der Waals surface area contributed by atoms with E-state index in [2.05, 4.69) is 30.6 Å². The molecule has 0 saturated heterocycles. The molecule has 2 aromatic heterocycles. The van der Waals surface area contributed by atoms with Crippen molar-refractivity contribution < 1.29 is 27.5 Å². The first-order chi connectivity index (χ1) is 13.6. The monoisotopic (exact) mass is 411 g/mol. The van der Waals surface area contributed by atoms with Crippen LogP contribution >= 0.6 is 0 Å². The number of rotatable bonds is 7. The van der Waals surface area contributed by atoms with Crippen LogP contribution in [0, 0.1) is 6.92 Å². The molecule has 0 bridgehead atoms. The van der Waals surface area contributed by atoms with E-state index in [-0.39, 0.29) is 23.0 Å². The lowest BCUT2D eigenvalue weighted by Gasteiger charge is -2.15. The van der Waals surface area contributed by atoms with E-state index in [0.29, 0.717) is 17.8 Å². The van der Waals surface area contributed by atoms with Crippen LogP contribution in [0.15, 0.2) is 24.4 Å². The highest BCUT2D eigenvalue weighted by molar-refractivity contribution is 5.92. The van der Waals surface area contributed by atoms with Gasteiger partial charge in [-0.1, -0.05) is 6.92 Å². The molecular formula is C18H20F3N5O3. The number of ether oxygens (including phenoxy) is 1. The van der Waals surface area contributed by atoms with E-state index < -0.39 is 24.7 Å². The molecule has 2 N–H and O–H groups in total. The SMILES string of the molecule is CCC(=O)Nc1cc(C(C)NC(=O)c2cc(C)c(OCC(F)(F)F)nn2)ccn1. The van der Waals surface area contributed by atoms with Gasteiger partial charge in [0, 0.05) is 18.2 Å². The van der Waals surface area contributed by atoms with Crippen LogP contribution in [0.1, 0.15) is 47.9 Å². The molecule has 2 heterocycles. The number of halogens is 3. The highest BCUT2D eigenvalue weighted by Gasteiger charge is 2.29. The predicted molar refractivity (Wildman–Crippen MR) is 97.4 cm³/mol. The molecule has 0 fully saturated rings. The van der Waals surface area contributed by atoms with E-state index in [9.17, 15) is 22.8 Å². The Morgan fingerprint density at radius 3 is 2.59 bits per heavy atom. The summed E-state index contributed by atoms with van der Waals surface area (Å²) in [6.07, 6.45) is -2.70. The van der Waals surface area contributed by atoms with E-state index in [0.717, 1.165) is 0 Å². The van der Waals surface area contributed by atoms with Crippen molar-refractivity contribution in [1.82, 2.24) is 20.5 Å². The zero-order valence-electron chi connectivity index (χ0n) is 16.0. The number of alkyl halides is 3. The summed E-state index contributed by atoms with van der Waals surface area (Å²) in [5, 5.41) is 12.5. The summed E-state index contributed by atoms with van der Waals surface area (Å²) in [6.45, 7) is 3.40. The standard InChI is InChI=1S/C18H20F3N5O3/c1-4-15(27)24-14-8-12(5-6-22-14)11(3)23-16(28)13-7-10(2)17(26-25-13)29-9-18(19,20)21/h5-8,11H,4,9H2,1-3H3,(H,23,28)(H,22,24,27). The molecule has 0 aliphatic heterocycles. The Kier molecular flexibility index (Phi) is 7.08. The Morgan fingerprint density at radius 1 is 1.24 bits per heavy atom. The second-order valence-corrected chi connectivity index (χ2v) is 6.19. The van der Waals surface area contributed by atoms with E-state index in [1.54, 1.807) is 26.0 Å². The van der Waals surface area contributed by atoms with Gasteiger partial charge in [0.2, 0.25) is 11.8 Å². The molecule has 1 atom stereocenters. The van der Waals surface area contributed by atoms with Gasteiger partial charge in [-0.05, 0) is 37.6 Å². The van der Waals surface area contributed by atoms with Gasteiger partial charge >= 0.3 is 6.18 Å². The van der Waals surface area contributed by atoms with Gasteiger partial charge in [-0.3, -0.25) is 9.59 Å². The first-order valence-corrected chi connectivity index (χ1v) is 8.69. The molecule has 29 heavy (non-hydrogen) atoms. The number of nitrogens with one attached hydrogen (secondary N) is 2. The minimum absolute atomic E-state index is 0.0673. The summed E-state index contributed by atoms with van der Waals surface area (Å²) in [5.74, 6) is -0.689. The number of aromatic nitrogens is 3. The largest absolute Gasteiger partial charge is 0.467 e. The molecule has 0 saturated carbocycles. The smallest absolute Gasteiger partial charge is 0.422 e. The van der Waals surface area contributed by atoms with Crippen molar-refractivity contribution >= 4 is 17.6 Å². The quantitative estimate of drug-likeness (QED) is 0.726. The van der Waals surface area contributed by atoms with Crippen LogP contribution in [-0.2, 0) is 4.79 Å². The number of hydrogen-bond acceptors (Lipinski definition) is 6. The molecule has 0 radical (unpaired) electrons. The molecule has 2 amide bonds. The Morgan fingerprint density at radius 2 is 1.97 bits per heavy atom. The summed E-state index contributed by atoms with van der Waals surface area (Å²) in [5.41, 5.74) is 0.868. The van der Waals surface area contributed by atoms with Crippen LogP contribution in [0.25, 0.3) is 0 Å². The van der Waals surface area contributed by atoms with Crippen molar-refractivity contribution in [2.24, 2.45) is 0 Å². The van der Waals surface area contributed by atoms with Crippen LogP contribution in [0.2, 0.25) is 0 Å². The van der Waals surface area contributed by atoms with Crippen LogP contribution in [0.5, 0.6) is 5.88 Å². The van der Waals surface area contributed by atoms with Gasteiger partial charge in [0.05, 0.1) is 6.04 Å². The molecule has 1 unspecified atom stereocenters. The number of hydrogen-bond donors (Lipinski definition) is 2. The third-order valence-corrected chi connectivity index (χ3v) is 3.76. The van der Waals surface area contributed by atoms with E-state index in [1.165, 1.54) is 19.2 Å². The summed E-state index contributed by atoms with van der Waals surface area (Å²) < 4.78 is 41.3. The predicted octanol–water partition coefficient (Wildman–Crippen LogP) is 2.96. The molecule has 8 nitrogen and oxygen atoms in total. The van der Waals surface area contributed by atoms with Crippen LogP contribution in [0.4, 0.5) is 19.0 Å². The van der Waals surface area contributed by atoms with E-state index >= 15 is 0 Å². The molecule has 0 spiro atoms. The van der Waals surface area contributed by atoms with Crippen molar-refractivity contribution in [2.75, 3.05) is 11.9 Å². The number of carbonyl (C=O) groups excluding carboxylic acids is 2. The molecule has 11 heteroatoms. The maximum absolute atomic E-state index is 12.4. The third-order valence-electron chi connectivity index (χ3n) is 3.76. The third kappa shape index (κ3) is 6.70. The van der Waals surface area contributed by atoms with Gasteiger partial charge in [-0.2, -0.15) is 13.2 Å². The lowest BCUT2D eigenvalue weighted by molar-refractivity contribution is -0.154. The Labute approximate surface area is 164 Å². The number of aryl methyl sites for hydroxylation is 1. The van der Waals surface area contributed by atoms with Crippen LogP contribution in [0.3, 0.4) is 0 Å². The Bertz CT molecular complexity index is 889. The molecule has 0 aliphatic carbocycles. The highest BCUT2D eigenvalue weighted by Crippen LogP contribution is 2.20. The van der Waals surface area contributed by atoms with Crippen molar-refractivity contribution in [3.63, 3.8) is 0 Å². The maximum Gasteiger partial charge on any atom is 0.422 e. The summed E-state index contributed by atoms with van der Waals surface area (Å²) in [4.78, 5) is 27.9. The van der Waals surface area contributed by atoms with Gasteiger partial charge in [0.1, 0.15) is 5.82 Å². The van der Waals surface area contributed by atoms with Crippen molar-refractivity contribution in [3.8, 4) is 5.88 Å². The minimum Gasteiger partial charge on any atom is -0.467 e. The average Bonchev–Trinajstić information content (AvgIpc) is 2.66. The Hall–Kier alpha value is -3.24. The lowest BCUT2D eigenvalue weighted by atomic mass is 10.1. The van der Waals surface area contributed by atoms with Gasteiger partial charge in [0.25, 0.3) is 5.91 Å². The molecular weight excluding hydrogens is 391 g/mol. The van der Waals surface area contributed by atoms with Crippen molar-refractivity contribution in [1.29, 1.82) is 0 Å². The molecule has 0 aliphatic rings. The first-order valence-electron chi connectivity index (χ1n) is 8.69. The lowest BCUT2D eigenvalue weighted by Crippen LogP contribution is -2.28. The molecule has 156 valence electrons. The minimum atomic E-state index is -4.50. The second kappa shape index (κ2) is 9.30. The zero-order chi connectivity index (χ0) is 21.6. The van der Waals surface area contributed by atoms with E-state index in [4.69, 9.17) is 0 Å². The summed E-state index contributed by atoms with van der Waals surface area (Å²) in [7, 11) is 0. The summed E-state index contributed by atoms with van der Waals surface area (Å²) >= 11 is 0. The Balaban J connectivity index is 2.05. The molecule has 2 aromatic rings. The number of pyridine rings is 1. The molecule has 0 aromatic carbocycles. The fourth-order valence-electron chi connectivity index (χ4n) is 2.25. The van der Waals surface area contributed by atoms with Crippen LogP contribution in [-0.4, -0.2) is 39.8 Å². The number of amides is 2. The topological polar surface area (TPSA) is 106 Å². The maximum atomic E-state index is 12.4. The van der Waals surface area contributed by atoms with Gasteiger partial charge in [-0.15, -0.1) is 10.2 Å². The number of carbonyl (C=O) groups is 2. The van der Waals surface area contributed by atoms with Crippen LogP contribution < -0.4 is 15.4 Å². The van der Waals surface area contributed by atoms with E-state index in [1.807, 2.05) is 0 Å². The fraction of sp³-hybridized carbons (Fsp3) is 0.389. The number of anilines is 1.